The molecule has 0 saturated carbocycles. The fourth-order valence-corrected chi connectivity index (χ4v) is 3.07. The Kier molecular flexibility index (Phi) is 3.20. The predicted molar refractivity (Wildman–Crippen MR) is 65.9 cm³/mol. The standard InChI is InChI=1S/C13H17N.ClH/c1-2-5-11-10(4-1)7-8-13-12(11)6-3-9-14-13;/h1-2,4-5,8,10-12,14H,3,6-7,9H2;1H. The fourth-order valence-electron chi connectivity index (χ4n) is 3.07. The highest BCUT2D eigenvalue weighted by Gasteiger charge is 2.33. The molecule has 0 spiro atoms. The van der Waals surface area contributed by atoms with Crippen molar-refractivity contribution in [3.8, 4) is 0 Å². The van der Waals surface area contributed by atoms with E-state index in [4.69, 9.17) is 0 Å². The predicted octanol–water partition coefficient (Wildman–Crippen LogP) is 3.05. The van der Waals surface area contributed by atoms with Crippen molar-refractivity contribution < 1.29 is 0 Å². The van der Waals surface area contributed by atoms with Crippen molar-refractivity contribution in [1.82, 2.24) is 5.32 Å². The summed E-state index contributed by atoms with van der Waals surface area (Å²) in [5.41, 5.74) is 1.53. The third-order valence-corrected chi connectivity index (χ3v) is 3.79. The van der Waals surface area contributed by atoms with E-state index >= 15 is 0 Å². The van der Waals surface area contributed by atoms with Gasteiger partial charge in [0.05, 0.1) is 0 Å². The lowest BCUT2D eigenvalue weighted by Gasteiger charge is -2.39. The van der Waals surface area contributed by atoms with E-state index in [0.29, 0.717) is 0 Å². The highest BCUT2D eigenvalue weighted by molar-refractivity contribution is 5.85. The molecule has 0 amide bonds. The first-order valence-electron chi connectivity index (χ1n) is 5.74. The number of fused-ring (bicyclic) bond motifs is 3. The molecule has 0 bridgehead atoms. The lowest BCUT2D eigenvalue weighted by molar-refractivity contribution is 0.278. The summed E-state index contributed by atoms with van der Waals surface area (Å²) in [5.74, 6) is 2.32. The van der Waals surface area contributed by atoms with Gasteiger partial charge in [0.1, 0.15) is 0 Å². The van der Waals surface area contributed by atoms with Gasteiger partial charge in [-0.1, -0.05) is 30.4 Å². The first-order valence-corrected chi connectivity index (χ1v) is 5.74. The molecule has 2 heteroatoms. The molecule has 82 valence electrons. The molecule has 3 atom stereocenters. The van der Waals surface area contributed by atoms with Crippen LogP contribution in [0.4, 0.5) is 0 Å². The summed E-state index contributed by atoms with van der Waals surface area (Å²) in [6.45, 7) is 1.18. The lowest BCUT2D eigenvalue weighted by atomic mass is 9.69. The number of hydrogen-bond donors (Lipinski definition) is 1. The van der Waals surface area contributed by atoms with E-state index in [9.17, 15) is 0 Å². The van der Waals surface area contributed by atoms with Gasteiger partial charge in [0.15, 0.2) is 0 Å². The lowest BCUT2D eigenvalue weighted by Crippen LogP contribution is -2.37. The molecule has 3 aliphatic rings. The summed E-state index contributed by atoms with van der Waals surface area (Å²) >= 11 is 0. The van der Waals surface area contributed by atoms with Crippen LogP contribution in [0.5, 0.6) is 0 Å². The summed E-state index contributed by atoms with van der Waals surface area (Å²) in [5, 5.41) is 3.56. The van der Waals surface area contributed by atoms with Crippen LogP contribution in [0.2, 0.25) is 0 Å². The largest absolute Gasteiger partial charge is 0.388 e. The zero-order valence-electron chi connectivity index (χ0n) is 8.86. The molecule has 1 saturated heterocycles. The van der Waals surface area contributed by atoms with E-state index in [1.54, 1.807) is 0 Å². The SMILES string of the molecule is C1=CC2CC=C3NCCCC3C2C=C1.Cl. The zero-order chi connectivity index (χ0) is 9.38. The molecule has 0 radical (unpaired) electrons. The van der Waals surface area contributed by atoms with Crippen LogP contribution >= 0.6 is 12.4 Å². The van der Waals surface area contributed by atoms with Crippen LogP contribution < -0.4 is 5.32 Å². The van der Waals surface area contributed by atoms with Gasteiger partial charge in [-0.25, -0.2) is 0 Å². The molecule has 1 aliphatic heterocycles. The first-order chi connectivity index (χ1) is 6.95. The van der Waals surface area contributed by atoms with Crippen LogP contribution in [0.1, 0.15) is 19.3 Å². The van der Waals surface area contributed by atoms with Crippen LogP contribution in [0.15, 0.2) is 36.1 Å². The van der Waals surface area contributed by atoms with E-state index in [1.807, 2.05) is 0 Å². The van der Waals surface area contributed by atoms with Crippen LogP contribution in [0.25, 0.3) is 0 Å². The monoisotopic (exact) mass is 223 g/mol. The Labute approximate surface area is 97.7 Å². The minimum absolute atomic E-state index is 0. The Morgan fingerprint density at radius 1 is 1.20 bits per heavy atom. The highest BCUT2D eigenvalue weighted by atomic mass is 35.5. The minimum Gasteiger partial charge on any atom is -0.388 e. The molecule has 1 nitrogen and oxygen atoms in total. The van der Waals surface area contributed by atoms with E-state index in [0.717, 1.165) is 17.8 Å². The minimum atomic E-state index is 0. The third-order valence-electron chi connectivity index (χ3n) is 3.79. The van der Waals surface area contributed by atoms with Gasteiger partial charge >= 0.3 is 0 Å². The molecule has 1 fully saturated rings. The van der Waals surface area contributed by atoms with Gasteiger partial charge in [-0.3, -0.25) is 0 Å². The van der Waals surface area contributed by atoms with Crippen molar-refractivity contribution in [3.05, 3.63) is 36.1 Å². The van der Waals surface area contributed by atoms with Gasteiger partial charge in [0.2, 0.25) is 0 Å². The Morgan fingerprint density at radius 3 is 3.00 bits per heavy atom. The van der Waals surface area contributed by atoms with Gasteiger partial charge < -0.3 is 5.32 Å². The van der Waals surface area contributed by atoms with Crippen molar-refractivity contribution in [2.24, 2.45) is 17.8 Å². The van der Waals surface area contributed by atoms with Gasteiger partial charge in [-0.05, 0) is 31.1 Å². The first kappa shape index (κ1) is 10.8. The molecule has 0 aromatic rings. The molecular formula is C13H18ClN. The van der Waals surface area contributed by atoms with E-state index < -0.39 is 0 Å². The third kappa shape index (κ3) is 1.85. The molecular weight excluding hydrogens is 206 g/mol. The molecule has 0 aromatic carbocycles. The van der Waals surface area contributed by atoms with Crippen molar-refractivity contribution >= 4 is 12.4 Å². The number of rotatable bonds is 0. The van der Waals surface area contributed by atoms with Gasteiger partial charge in [0, 0.05) is 18.2 Å². The normalized spacial score (nSPS) is 36.8. The molecule has 15 heavy (non-hydrogen) atoms. The summed E-state index contributed by atoms with van der Waals surface area (Å²) in [6, 6.07) is 0. The molecule has 0 aromatic heterocycles. The van der Waals surface area contributed by atoms with Crippen molar-refractivity contribution in [2.75, 3.05) is 6.54 Å². The Hall–Kier alpha value is -0.690. The highest BCUT2D eigenvalue weighted by Crippen LogP contribution is 2.41. The molecule has 3 unspecified atom stereocenters. The average molecular weight is 224 g/mol. The Bertz CT molecular complexity index is 316. The second-order valence-electron chi connectivity index (χ2n) is 4.58. The van der Waals surface area contributed by atoms with Crippen molar-refractivity contribution in [3.63, 3.8) is 0 Å². The van der Waals surface area contributed by atoms with Crippen LogP contribution in [0, 0.1) is 17.8 Å². The number of nitrogens with one attached hydrogen (secondary N) is 1. The molecule has 1 N–H and O–H groups in total. The van der Waals surface area contributed by atoms with Gasteiger partial charge in [-0.2, -0.15) is 0 Å². The molecule has 2 aliphatic carbocycles. The summed E-state index contributed by atoms with van der Waals surface area (Å²) in [4.78, 5) is 0. The second kappa shape index (κ2) is 4.44. The van der Waals surface area contributed by atoms with Crippen molar-refractivity contribution in [1.29, 1.82) is 0 Å². The maximum atomic E-state index is 3.56. The second-order valence-corrected chi connectivity index (χ2v) is 4.58. The summed E-state index contributed by atoms with van der Waals surface area (Å²) in [6.07, 6.45) is 15.6. The number of halogens is 1. The Morgan fingerprint density at radius 2 is 2.07 bits per heavy atom. The fraction of sp³-hybridized carbons (Fsp3) is 0.538. The van der Waals surface area contributed by atoms with Crippen molar-refractivity contribution in [2.45, 2.75) is 19.3 Å². The number of hydrogen-bond acceptors (Lipinski definition) is 1. The number of piperidine rings is 1. The topological polar surface area (TPSA) is 12.0 Å². The van der Waals surface area contributed by atoms with Crippen LogP contribution in [-0.4, -0.2) is 6.54 Å². The Balaban J connectivity index is 0.000000853. The number of allylic oxidation sites excluding steroid dienone is 6. The maximum absolute atomic E-state index is 3.56. The smallest absolute Gasteiger partial charge is 0.0144 e. The van der Waals surface area contributed by atoms with E-state index in [-0.39, 0.29) is 12.4 Å². The molecule has 3 rings (SSSR count). The van der Waals surface area contributed by atoms with Gasteiger partial charge in [0.25, 0.3) is 0 Å². The van der Waals surface area contributed by atoms with Crippen LogP contribution in [0.3, 0.4) is 0 Å². The van der Waals surface area contributed by atoms with E-state index in [2.05, 4.69) is 35.7 Å². The zero-order valence-corrected chi connectivity index (χ0v) is 9.67. The van der Waals surface area contributed by atoms with E-state index in [1.165, 1.54) is 31.5 Å². The van der Waals surface area contributed by atoms with Crippen LogP contribution in [-0.2, 0) is 0 Å². The summed E-state index contributed by atoms with van der Waals surface area (Å²) < 4.78 is 0. The average Bonchev–Trinajstić information content (AvgIpc) is 2.29. The quantitative estimate of drug-likeness (QED) is 0.666. The molecule has 1 heterocycles. The van der Waals surface area contributed by atoms with Gasteiger partial charge in [-0.15, -0.1) is 12.4 Å². The maximum Gasteiger partial charge on any atom is 0.0144 e. The summed E-state index contributed by atoms with van der Waals surface area (Å²) in [7, 11) is 0.